The zero-order valence-corrected chi connectivity index (χ0v) is 17.0. The number of ether oxygens (including phenoxy) is 1. The molecule has 0 bridgehead atoms. The lowest BCUT2D eigenvalue weighted by Gasteiger charge is -2.35. The van der Waals surface area contributed by atoms with Gasteiger partial charge in [-0.3, -0.25) is 9.80 Å². The van der Waals surface area contributed by atoms with Crippen LogP contribution in [0.1, 0.15) is 18.5 Å². The van der Waals surface area contributed by atoms with Gasteiger partial charge in [0.05, 0.1) is 12.6 Å². The molecule has 3 heterocycles. The molecule has 0 saturated carbocycles. The number of aromatic nitrogens is 1. The Labute approximate surface area is 180 Å². The van der Waals surface area contributed by atoms with Gasteiger partial charge in [-0.15, -0.1) is 0 Å². The lowest BCUT2D eigenvalue weighted by Crippen LogP contribution is -2.50. The third-order valence-electron chi connectivity index (χ3n) is 5.02. The van der Waals surface area contributed by atoms with Crippen LogP contribution < -0.4 is 20.8 Å². The van der Waals surface area contributed by atoms with E-state index in [9.17, 15) is 9.90 Å². The average molecular weight is 423 g/mol. The summed E-state index contributed by atoms with van der Waals surface area (Å²) < 4.78 is 5.71. The monoisotopic (exact) mass is 423 g/mol. The van der Waals surface area contributed by atoms with Gasteiger partial charge >= 0.3 is 0 Å². The minimum absolute atomic E-state index is 0.0193. The number of hydrazine groups is 1. The van der Waals surface area contributed by atoms with E-state index in [0.29, 0.717) is 17.3 Å². The Morgan fingerprint density at radius 2 is 2.06 bits per heavy atom. The molecule has 5 N–H and O–H groups in total. The first-order valence-corrected chi connectivity index (χ1v) is 10.0. The highest BCUT2D eigenvalue weighted by molar-refractivity contribution is 6.03. The Morgan fingerprint density at radius 3 is 2.84 bits per heavy atom. The summed E-state index contributed by atoms with van der Waals surface area (Å²) in [6, 6.07) is 12.5. The molecule has 9 heteroatoms. The molecule has 2 aromatic rings. The van der Waals surface area contributed by atoms with Crippen LogP contribution in [0.5, 0.6) is 5.75 Å². The van der Waals surface area contributed by atoms with Crippen molar-refractivity contribution in [1.29, 1.82) is 0 Å². The molecule has 1 aromatic carbocycles. The smallest absolute Gasteiger partial charge is 0.276 e. The van der Waals surface area contributed by atoms with Gasteiger partial charge in [0.15, 0.2) is 0 Å². The van der Waals surface area contributed by atoms with Crippen LogP contribution in [0.15, 0.2) is 72.2 Å². The SMILES string of the molecule is CC1=C(C(=O)Nc2ccccn2)N2NC(c3ccccc3OC[C@H](O)CO)C=CC2N1. The van der Waals surface area contributed by atoms with Crippen LogP contribution in [0.25, 0.3) is 0 Å². The van der Waals surface area contributed by atoms with Gasteiger partial charge in [0.25, 0.3) is 5.91 Å². The molecule has 1 amide bonds. The third kappa shape index (κ3) is 4.53. The van der Waals surface area contributed by atoms with Crippen molar-refractivity contribution < 1.29 is 19.7 Å². The molecular weight excluding hydrogens is 398 g/mol. The Balaban J connectivity index is 1.53. The minimum Gasteiger partial charge on any atom is -0.490 e. The van der Waals surface area contributed by atoms with Gasteiger partial charge in [0.2, 0.25) is 0 Å². The van der Waals surface area contributed by atoms with Crippen molar-refractivity contribution in [2.24, 2.45) is 0 Å². The molecule has 31 heavy (non-hydrogen) atoms. The Bertz CT molecular complexity index is 994. The number of aliphatic hydroxyl groups is 2. The van der Waals surface area contributed by atoms with E-state index in [1.807, 2.05) is 43.3 Å². The number of hydrogen-bond acceptors (Lipinski definition) is 8. The van der Waals surface area contributed by atoms with Gasteiger partial charge in [-0.25, -0.2) is 10.4 Å². The van der Waals surface area contributed by atoms with E-state index in [0.717, 1.165) is 11.3 Å². The highest BCUT2D eigenvalue weighted by Crippen LogP contribution is 2.32. The molecule has 0 saturated heterocycles. The number of rotatable bonds is 7. The standard InChI is InChI=1S/C22H25N5O4/c1-14-21(22(30)25-19-8-4-5-11-23-19)27-20(24-14)10-9-17(26-27)16-6-2-3-7-18(16)31-13-15(29)12-28/h2-11,15,17,20,24,26,28-29H,12-13H2,1H3,(H,23,25,30)/t15-,17?,20?/m1/s1. The number of pyridine rings is 1. The highest BCUT2D eigenvalue weighted by Gasteiger charge is 2.36. The van der Waals surface area contributed by atoms with Gasteiger partial charge in [-0.05, 0) is 31.2 Å². The number of benzene rings is 1. The van der Waals surface area contributed by atoms with Crippen molar-refractivity contribution in [2.75, 3.05) is 18.5 Å². The molecule has 2 aliphatic rings. The fourth-order valence-corrected chi connectivity index (χ4v) is 3.54. The first-order chi connectivity index (χ1) is 15.1. The molecule has 0 fully saturated rings. The number of carbonyl (C=O) groups is 1. The maximum absolute atomic E-state index is 13.0. The molecule has 2 aliphatic heterocycles. The molecular formula is C22H25N5O4. The highest BCUT2D eigenvalue weighted by atomic mass is 16.5. The molecule has 0 radical (unpaired) electrons. The van der Waals surface area contributed by atoms with E-state index in [1.165, 1.54) is 0 Å². The van der Waals surface area contributed by atoms with Gasteiger partial charge in [0.1, 0.15) is 36.1 Å². The molecule has 2 unspecified atom stereocenters. The van der Waals surface area contributed by atoms with E-state index < -0.39 is 6.10 Å². The van der Waals surface area contributed by atoms with Crippen LogP contribution >= 0.6 is 0 Å². The second-order valence-electron chi connectivity index (χ2n) is 7.28. The van der Waals surface area contributed by atoms with Gasteiger partial charge in [-0.2, -0.15) is 0 Å². The molecule has 1 aromatic heterocycles. The van der Waals surface area contributed by atoms with E-state index in [-0.39, 0.29) is 31.3 Å². The van der Waals surface area contributed by atoms with E-state index in [2.05, 4.69) is 21.0 Å². The quantitative estimate of drug-likeness (QED) is 0.419. The lowest BCUT2D eigenvalue weighted by atomic mass is 10.0. The molecule has 3 atom stereocenters. The number of amides is 1. The van der Waals surface area contributed by atoms with E-state index >= 15 is 0 Å². The summed E-state index contributed by atoms with van der Waals surface area (Å²) >= 11 is 0. The Kier molecular flexibility index (Phi) is 6.17. The molecule has 0 spiro atoms. The second kappa shape index (κ2) is 9.17. The van der Waals surface area contributed by atoms with Crippen LogP contribution in [-0.4, -0.2) is 51.6 Å². The Hall–Kier alpha value is -3.40. The fourth-order valence-electron chi connectivity index (χ4n) is 3.54. The van der Waals surface area contributed by atoms with Crippen LogP contribution in [0.4, 0.5) is 5.82 Å². The topological polar surface area (TPSA) is 119 Å². The molecule has 0 aliphatic carbocycles. The number of allylic oxidation sites excluding steroid dienone is 1. The fraction of sp³-hybridized carbons (Fsp3) is 0.273. The number of aliphatic hydroxyl groups excluding tert-OH is 2. The number of nitrogens with zero attached hydrogens (tertiary/aromatic N) is 2. The molecule has 9 nitrogen and oxygen atoms in total. The predicted molar refractivity (Wildman–Crippen MR) is 114 cm³/mol. The molecule has 4 rings (SSSR count). The van der Waals surface area contributed by atoms with Crippen LogP contribution in [0.3, 0.4) is 0 Å². The lowest BCUT2D eigenvalue weighted by molar-refractivity contribution is -0.114. The van der Waals surface area contributed by atoms with Crippen molar-refractivity contribution in [3.05, 3.63) is 77.8 Å². The summed E-state index contributed by atoms with van der Waals surface area (Å²) in [4.78, 5) is 17.1. The van der Waals surface area contributed by atoms with Gasteiger partial charge < -0.3 is 25.6 Å². The first kappa shape index (κ1) is 20.9. The number of hydrogen-bond donors (Lipinski definition) is 5. The maximum atomic E-state index is 13.0. The van der Waals surface area contributed by atoms with Crippen molar-refractivity contribution in [1.82, 2.24) is 20.7 Å². The summed E-state index contributed by atoms with van der Waals surface area (Å²) in [5.41, 5.74) is 5.43. The Morgan fingerprint density at radius 1 is 1.26 bits per heavy atom. The largest absolute Gasteiger partial charge is 0.490 e. The van der Waals surface area contributed by atoms with Crippen molar-refractivity contribution in [3.63, 3.8) is 0 Å². The van der Waals surface area contributed by atoms with Crippen molar-refractivity contribution >= 4 is 11.7 Å². The summed E-state index contributed by atoms with van der Waals surface area (Å²) in [6.45, 7) is 1.46. The van der Waals surface area contributed by atoms with E-state index in [4.69, 9.17) is 9.84 Å². The van der Waals surface area contributed by atoms with E-state index in [1.54, 1.807) is 29.4 Å². The average Bonchev–Trinajstić information content (AvgIpc) is 3.13. The predicted octanol–water partition coefficient (Wildman–Crippen LogP) is 1.03. The first-order valence-electron chi connectivity index (χ1n) is 10.0. The summed E-state index contributed by atoms with van der Waals surface area (Å²) in [5, 5.41) is 26.5. The zero-order chi connectivity index (χ0) is 21.8. The number of carbonyl (C=O) groups excluding carboxylic acids is 1. The summed E-state index contributed by atoms with van der Waals surface area (Å²) in [5.74, 6) is 0.785. The third-order valence-corrected chi connectivity index (χ3v) is 5.02. The molecule has 162 valence electrons. The number of fused-ring (bicyclic) bond motifs is 1. The summed E-state index contributed by atoms with van der Waals surface area (Å²) in [7, 11) is 0. The van der Waals surface area contributed by atoms with Crippen LogP contribution in [0.2, 0.25) is 0 Å². The van der Waals surface area contributed by atoms with Crippen LogP contribution in [0, 0.1) is 0 Å². The normalized spacial score (nSPS) is 20.8. The second-order valence-corrected chi connectivity index (χ2v) is 7.28. The zero-order valence-electron chi connectivity index (χ0n) is 17.0. The van der Waals surface area contributed by atoms with Crippen molar-refractivity contribution in [3.8, 4) is 5.75 Å². The maximum Gasteiger partial charge on any atom is 0.276 e. The number of para-hydroxylation sites is 1. The van der Waals surface area contributed by atoms with Gasteiger partial charge in [0, 0.05) is 17.5 Å². The minimum atomic E-state index is -0.956. The van der Waals surface area contributed by atoms with Crippen LogP contribution in [-0.2, 0) is 4.79 Å². The van der Waals surface area contributed by atoms with Gasteiger partial charge in [-0.1, -0.05) is 30.3 Å². The number of nitrogens with one attached hydrogen (secondary N) is 3. The number of anilines is 1. The summed E-state index contributed by atoms with van der Waals surface area (Å²) in [6.07, 6.45) is 4.43. The van der Waals surface area contributed by atoms with Crippen molar-refractivity contribution in [2.45, 2.75) is 25.2 Å².